The summed E-state index contributed by atoms with van der Waals surface area (Å²) in [6.07, 6.45) is 0.628. The van der Waals surface area contributed by atoms with E-state index in [0.717, 1.165) is 22.3 Å². The van der Waals surface area contributed by atoms with Gasteiger partial charge in [0.05, 0.1) is 0 Å². The molecule has 0 heterocycles. The molecule has 0 aliphatic carbocycles. The topological polar surface area (TPSA) is 41.1 Å². The molecule has 1 unspecified atom stereocenters. The van der Waals surface area contributed by atoms with E-state index in [2.05, 4.69) is 10.9 Å². The van der Waals surface area contributed by atoms with Crippen LogP contribution < -0.4 is 10.9 Å². The first-order valence-electron chi connectivity index (χ1n) is 8.02. The quantitative estimate of drug-likeness (QED) is 0.397. The molecule has 3 rings (SSSR count). The van der Waals surface area contributed by atoms with Gasteiger partial charge in [0.2, 0.25) is 6.41 Å². The molecule has 1 atom stereocenters. The molecule has 0 aliphatic rings. The van der Waals surface area contributed by atoms with Crippen LogP contribution in [-0.4, -0.2) is 6.41 Å². The summed E-state index contributed by atoms with van der Waals surface area (Å²) in [6, 6.07) is 25.8. The first-order chi connectivity index (χ1) is 12.2. The number of hydrogen-bond acceptors (Lipinski definition) is 2. The minimum atomic E-state index is -0.811. The lowest BCUT2D eigenvalue weighted by Gasteiger charge is -2.37. The van der Waals surface area contributed by atoms with E-state index in [-0.39, 0.29) is 0 Å². The van der Waals surface area contributed by atoms with Crippen LogP contribution in [0.15, 0.2) is 78.9 Å². The van der Waals surface area contributed by atoms with Gasteiger partial charge in [0.15, 0.2) is 0 Å². The molecule has 0 spiro atoms. The normalized spacial score (nSPS) is 13.0. The molecule has 3 nitrogen and oxygen atoms in total. The molecule has 0 radical (unpaired) electrons. The van der Waals surface area contributed by atoms with Crippen LogP contribution in [0.5, 0.6) is 0 Å². The number of carbonyl (C=O) groups excluding carboxylic acids is 1. The van der Waals surface area contributed by atoms with Crippen LogP contribution in [0.25, 0.3) is 0 Å². The first kappa shape index (κ1) is 17.2. The minimum Gasteiger partial charge on any atom is -0.293 e. The third kappa shape index (κ3) is 3.29. The second-order valence-electron chi connectivity index (χ2n) is 5.85. The highest BCUT2D eigenvalue weighted by Crippen LogP contribution is 2.39. The number of aryl methyl sites for hydroxylation is 1. The van der Waals surface area contributed by atoms with Crippen LogP contribution in [0.3, 0.4) is 0 Å². The summed E-state index contributed by atoms with van der Waals surface area (Å²) in [6.45, 7) is 2.04. The van der Waals surface area contributed by atoms with Gasteiger partial charge in [0.1, 0.15) is 5.54 Å². The predicted molar refractivity (Wildman–Crippen MR) is 101 cm³/mol. The maximum atomic E-state index is 11.1. The summed E-state index contributed by atoms with van der Waals surface area (Å²) in [5, 5.41) is 0.618. The Hall–Kier alpha value is -2.62. The number of benzene rings is 3. The molecule has 25 heavy (non-hydrogen) atoms. The Balaban J connectivity index is 2.33. The Bertz CT molecular complexity index is 849. The van der Waals surface area contributed by atoms with Crippen molar-refractivity contribution in [3.63, 3.8) is 0 Å². The molecule has 4 heteroatoms. The Morgan fingerprint density at radius 3 is 2.08 bits per heavy atom. The molecule has 1 amide bonds. The molecular formula is C21H19ClN2O. The number of nitrogens with one attached hydrogen (secondary N) is 2. The fraction of sp³-hybridized carbons (Fsp3) is 0.0952. The minimum absolute atomic E-state index is 0.618. The fourth-order valence-electron chi connectivity index (χ4n) is 3.08. The van der Waals surface area contributed by atoms with Gasteiger partial charge in [0.25, 0.3) is 0 Å². The zero-order valence-electron chi connectivity index (χ0n) is 13.9. The maximum absolute atomic E-state index is 11.1. The lowest BCUT2D eigenvalue weighted by Crippen LogP contribution is -2.51. The van der Waals surface area contributed by atoms with Crippen molar-refractivity contribution in [2.75, 3.05) is 0 Å². The Kier molecular flexibility index (Phi) is 5.17. The lowest BCUT2D eigenvalue weighted by atomic mass is 9.77. The second-order valence-corrected chi connectivity index (χ2v) is 6.26. The van der Waals surface area contributed by atoms with Gasteiger partial charge < -0.3 is 0 Å². The number of amides is 1. The smallest absolute Gasteiger partial charge is 0.221 e. The summed E-state index contributed by atoms with van der Waals surface area (Å²) in [5.41, 5.74) is 8.99. The number of hydrazine groups is 1. The van der Waals surface area contributed by atoms with Crippen molar-refractivity contribution in [2.24, 2.45) is 0 Å². The van der Waals surface area contributed by atoms with Crippen molar-refractivity contribution < 1.29 is 4.79 Å². The average molecular weight is 351 g/mol. The average Bonchev–Trinajstić information content (AvgIpc) is 2.65. The van der Waals surface area contributed by atoms with Crippen molar-refractivity contribution in [3.8, 4) is 0 Å². The van der Waals surface area contributed by atoms with Gasteiger partial charge in [-0.25, -0.2) is 5.43 Å². The van der Waals surface area contributed by atoms with Crippen molar-refractivity contribution in [1.82, 2.24) is 10.9 Å². The van der Waals surface area contributed by atoms with Gasteiger partial charge in [-0.1, -0.05) is 90.0 Å². The predicted octanol–water partition coefficient (Wildman–Crippen LogP) is 4.19. The zero-order chi connectivity index (χ0) is 17.7. The molecule has 3 aromatic carbocycles. The number of hydrogen-bond donors (Lipinski definition) is 2. The van der Waals surface area contributed by atoms with Crippen LogP contribution in [0.1, 0.15) is 22.3 Å². The number of carbonyl (C=O) groups is 1. The van der Waals surface area contributed by atoms with E-state index in [1.165, 1.54) is 0 Å². The van der Waals surface area contributed by atoms with Crippen LogP contribution in [-0.2, 0) is 10.3 Å². The molecule has 0 aliphatic heterocycles. The van der Waals surface area contributed by atoms with Gasteiger partial charge in [-0.05, 0) is 24.1 Å². The Morgan fingerprint density at radius 1 is 0.840 bits per heavy atom. The Labute approximate surface area is 152 Å². The van der Waals surface area contributed by atoms with Crippen LogP contribution >= 0.6 is 11.6 Å². The van der Waals surface area contributed by atoms with E-state index in [1.54, 1.807) is 0 Å². The molecule has 126 valence electrons. The van der Waals surface area contributed by atoms with E-state index >= 15 is 0 Å². The maximum Gasteiger partial charge on any atom is 0.221 e. The molecule has 2 N–H and O–H groups in total. The lowest BCUT2D eigenvalue weighted by molar-refractivity contribution is -0.110. The molecule has 0 saturated carbocycles. The summed E-state index contributed by atoms with van der Waals surface area (Å²) >= 11 is 6.56. The monoisotopic (exact) mass is 350 g/mol. The Morgan fingerprint density at radius 2 is 1.44 bits per heavy atom. The highest BCUT2D eigenvalue weighted by atomic mass is 35.5. The summed E-state index contributed by atoms with van der Waals surface area (Å²) < 4.78 is 0. The molecular weight excluding hydrogens is 332 g/mol. The molecule has 0 aromatic heterocycles. The van der Waals surface area contributed by atoms with Crippen molar-refractivity contribution >= 4 is 18.0 Å². The van der Waals surface area contributed by atoms with E-state index in [9.17, 15) is 4.79 Å². The highest BCUT2D eigenvalue weighted by Gasteiger charge is 2.37. The SMILES string of the molecule is Cc1ccc(C(NNC=O)(c2ccccc2)c2ccccc2Cl)cc1. The van der Waals surface area contributed by atoms with E-state index in [0.29, 0.717) is 11.4 Å². The molecule has 0 fully saturated rings. The third-order valence-electron chi connectivity index (χ3n) is 4.29. The number of rotatable bonds is 6. The summed E-state index contributed by atoms with van der Waals surface area (Å²) in [7, 11) is 0. The number of halogens is 1. The fourth-order valence-corrected chi connectivity index (χ4v) is 3.36. The molecule has 0 saturated heterocycles. The third-order valence-corrected chi connectivity index (χ3v) is 4.62. The van der Waals surface area contributed by atoms with Crippen molar-refractivity contribution in [1.29, 1.82) is 0 Å². The van der Waals surface area contributed by atoms with Gasteiger partial charge in [-0.3, -0.25) is 10.2 Å². The van der Waals surface area contributed by atoms with E-state index in [4.69, 9.17) is 11.6 Å². The van der Waals surface area contributed by atoms with E-state index in [1.807, 2.05) is 85.8 Å². The summed E-state index contributed by atoms with van der Waals surface area (Å²) in [4.78, 5) is 11.1. The largest absolute Gasteiger partial charge is 0.293 e. The van der Waals surface area contributed by atoms with Crippen molar-refractivity contribution in [2.45, 2.75) is 12.5 Å². The van der Waals surface area contributed by atoms with Crippen LogP contribution in [0, 0.1) is 6.92 Å². The highest BCUT2D eigenvalue weighted by molar-refractivity contribution is 6.31. The molecule has 3 aromatic rings. The van der Waals surface area contributed by atoms with Crippen LogP contribution in [0.2, 0.25) is 5.02 Å². The van der Waals surface area contributed by atoms with Gasteiger partial charge >= 0.3 is 0 Å². The second kappa shape index (κ2) is 7.51. The van der Waals surface area contributed by atoms with Gasteiger partial charge in [-0.2, -0.15) is 0 Å². The van der Waals surface area contributed by atoms with Crippen LogP contribution in [0.4, 0.5) is 0 Å². The van der Waals surface area contributed by atoms with E-state index < -0.39 is 5.54 Å². The van der Waals surface area contributed by atoms with Crippen molar-refractivity contribution in [3.05, 3.63) is 106 Å². The molecule has 0 bridgehead atoms. The standard InChI is InChI=1S/C21H19ClN2O/c1-16-11-13-18(14-12-16)21(24-23-15-25,17-7-3-2-4-8-17)19-9-5-6-10-20(19)22/h2-15,24H,1H3,(H,23,25). The van der Waals surface area contributed by atoms with Gasteiger partial charge in [-0.15, -0.1) is 0 Å². The zero-order valence-corrected chi connectivity index (χ0v) is 14.6. The first-order valence-corrected chi connectivity index (χ1v) is 8.40. The summed E-state index contributed by atoms with van der Waals surface area (Å²) in [5.74, 6) is 0. The van der Waals surface area contributed by atoms with Gasteiger partial charge in [0, 0.05) is 10.6 Å².